The maximum absolute atomic E-state index is 4.86. The van der Waals surface area contributed by atoms with E-state index in [1.165, 1.54) is 24.9 Å². The first-order valence-corrected chi connectivity index (χ1v) is 9.17. The lowest BCUT2D eigenvalue weighted by Gasteiger charge is -2.16. The van der Waals surface area contributed by atoms with Crippen molar-refractivity contribution < 1.29 is 0 Å². The van der Waals surface area contributed by atoms with Gasteiger partial charge < -0.3 is 9.80 Å². The van der Waals surface area contributed by atoms with Crippen molar-refractivity contribution in [1.82, 2.24) is 24.4 Å². The Balaban J connectivity index is 1.50. The molecule has 1 unspecified atom stereocenters. The molecule has 5 heterocycles. The third-order valence-corrected chi connectivity index (χ3v) is 5.37. The molecule has 0 bridgehead atoms. The monoisotopic (exact) mass is 337 g/mol. The Bertz CT molecular complexity index is 890. The highest BCUT2D eigenvalue weighted by atomic mass is 15.4. The van der Waals surface area contributed by atoms with Crippen LogP contribution in [-0.4, -0.2) is 50.6 Å². The molecule has 0 radical (unpaired) electrons. The van der Waals surface area contributed by atoms with Gasteiger partial charge >= 0.3 is 0 Å². The third-order valence-electron chi connectivity index (χ3n) is 5.37. The maximum atomic E-state index is 4.86. The lowest BCUT2D eigenvalue weighted by molar-refractivity contribution is 0.659. The first-order chi connectivity index (χ1) is 12.3. The van der Waals surface area contributed by atoms with Crippen LogP contribution in [0.3, 0.4) is 0 Å². The minimum atomic E-state index is 0.755. The zero-order valence-electron chi connectivity index (χ0n) is 14.5. The van der Waals surface area contributed by atoms with Gasteiger partial charge in [-0.3, -0.25) is 0 Å². The highest BCUT2D eigenvalue weighted by Crippen LogP contribution is 2.25. The Hall–Kier alpha value is -2.57. The molecule has 3 aromatic rings. The van der Waals surface area contributed by atoms with Crippen molar-refractivity contribution in [2.45, 2.75) is 26.2 Å². The lowest BCUT2D eigenvalue weighted by atomic mass is 10.2. The highest BCUT2D eigenvalue weighted by Gasteiger charge is 2.21. The van der Waals surface area contributed by atoms with Crippen molar-refractivity contribution in [2.24, 2.45) is 5.92 Å². The molecule has 7 heteroatoms. The third kappa shape index (κ3) is 2.54. The number of hydrogen-bond acceptors (Lipinski definition) is 5. The Morgan fingerprint density at radius 1 is 1.04 bits per heavy atom. The van der Waals surface area contributed by atoms with E-state index in [1.54, 1.807) is 0 Å². The van der Waals surface area contributed by atoms with Crippen LogP contribution < -0.4 is 9.80 Å². The summed E-state index contributed by atoms with van der Waals surface area (Å²) in [4.78, 5) is 9.61. The number of anilines is 2. The van der Waals surface area contributed by atoms with Gasteiger partial charge in [0.2, 0.25) is 0 Å². The summed E-state index contributed by atoms with van der Waals surface area (Å²) in [7, 11) is 0. The Morgan fingerprint density at radius 3 is 2.72 bits per heavy atom. The van der Waals surface area contributed by atoms with Crippen molar-refractivity contribution >= 4 is 17.2 Å². The van der Waals surface area contributed by atoms with Gasteiger partial charge in [0, 0.05) is 32.4 Å². The van der Waals surface area contributed by atoms with Crippen molar-refractivity contribution in [3.05, 3.63) is 30.9 Å². The average molecular weight is 337 g/mol. The molecule has 2 aliphatic heterocycles. The fourth-order valence-corrected chi connectivity index (χ4v) is 3.91. The van der Waals surface area contributed by atoms with Crippen LogP contribution in [0.15, 0.2) is 30.9 Å². The number of rotatable bonds is 3. The predicted octanol–water partition coefficient (Wildman–Crippen LogP) is 2.36. The second-order valence-corrected chi connectivity index (χ2v) is 7.26. The molecule has 2 aliphatic rings. The summed E-state index contributed by atoms with van der Waals surface area (Å²) >= 11 is 0. The van der Waals surface area contributed by atoms with Gasteiger partial charge in [0.05, 0.1) is 24.3 Å². The highest BCUT2D eigenvalue weighted by molar-refractivity contribution is 5.62. The van der Waals surface area contributed by atoms with Gasteiger partial charge in [-0.2, -0.15) is 10.2 Å². The molecular formula is C18H23N7. The van der Waals surface area contributed by atoms with Crippen LogP contribution >= 0.6 is 0 Å². The van der Waals surface area contributed by atoms with Crippen molar-refractivity contribution in [3.8, 4) is 5.69 Å². The fourth-order valence-electron chi connectivity index (χ4n) is 3.91. The minimum Gasteiger partial charge on any atom is -0.369 e. The molecule has 2 saturated heterocycles. The zero-order chi connectivity index (χ0) is 16.8. The van der Waals surface area contributed by atoms with Gasteiger partial charge in [0.25, 0.3) is 0 Å². The summed E-state index contributed by atoms with van der Waals surface area (Å²) in [6.07, 6.45) is 11.6. The van der Waals surface area contributed by atoms with Gasteiger partial charge in [-0.15, -0.1) is 0 Å². The standard InChI is InChI=1S/C18H23N7/c1-14-4-8-23(12-14)15-10-19-25(13-15)16-11-20-24-9-5-17(21-18(16)24)22-6-2-3-7-22/h5,9-11,13-14H,2-4,6-8,12H2,1H3. The molecule has 0 saturated carbocycles. The summed E-state index contributed by atoms with van der Waals surface area (Å²) in [5, 5.41) is 9.02. The topological polar surface area (TPSA) is 54.5 Å². The molecule has 0 amide bonds. The molecule has 5 rings (SSSR count). The lowest BCUT2D eigenvalue weighted by Crippen LogP contribution is -2.19. The van der Waals surface area contributed by atoms with E-state index in [-0.39, 0.29) is 0 Å². The van der Waals surface area contributed by atoms with Crippen molar-refractivity contribution in [2.75, 3.05) is 36.0 Å². The van der Waals surface area contributed by atoms with Gasteiger partial charge in [-0.05, 0) is 31.2 Å². The first-order valence-electron chi connectivity index (χ1n) is 9.17. The minimum absolute atomic E-state index is 0.755. The van der Waals surface area contributed by atoms with Crippen LogP contribution in [0.2, 0.25) is 0 Å². The SMILES string of the molecule is CC1CCN(c2cnn(-c3cnn4ccc(N5CCCC5)nc34)c2)C1. The Labute approximate surface area is 146 Å². The molecule has 2 fully saturated rings. The summed E-state index contributed by atoms with van der Waals surface area (Å²) in [5.41, 5.74) is 2.97. The molecular weight excluding hydrogens is 314 g/mol. The molecule has 0 N–H and O–H groups in total. The summed E-state index contributed by atoms with van der Waals surface area (Å²) < 4.78 is 3.73. The van der Waals surface area contributed by atoms with E-state index >= 15 is 0 Å². The predicted molar refractivity (Wildman–Crippen MR) is 97.6 cm³/mol. The quantitative estimate of drug-likeness (QED) is 0.734. The number of aromatic nitrogens is 5. The normalized spacial score (nSPS) is 20.9. The largest absolute Gasteiger partial charge is 0.369 e. The van der Waals surface area contributed by atoms with E-state index in [1.807, 2.05) is 27.8 Å². The molecule has 0 aromatic carbocycles. The van der Waals surface area contributed by atoms with E-state index < -0.39 is 0 Å². The van der Waals surface area contributed by atoms with Crippen molar-refractivity contribution in [3.63, 3.8) is 0 Å². The summed E-state index contributed by atoms with van der Waals surface area (Å²) in [5.74, 6) is 1.79. The van der Waals surface area contributed by atoms with E-state index in [4.69, 9.17) is 4.98 Å². The Morgan fingerprint density at radius 2 is 1.92 bits per heavy atom. The van der Waals surface area contributed by atoms with E-state index in [2.05, 4.69) is 39.2 Å². The van der Waals surface area contributed by atoms with Gasteiger partial charge in [-0.1, -0.05) is 6.92 Å². The van der Waals surface area contributed by atoms with E-state index in [0.717, 1.165) is 49.2 Å². The van der Waals surface area contributed by atoms with Crippen LogP contribution in [0.4, 0.5) is 11.5 Å². The second-order valence-electron chi connectivity index (χ2n) is 7.26. The zero-order valence-corrected chi connectivity index (χ0v) is 14.5. The van der Waals surface area contributed by atoms with Crippen LogP contribution in [0.1, 0.15) is 26.2 Å². The summed E-state index contributed by atoms with van der Waals surface area (Å²) in [6.45, 7) is 6.70. The molecule has 3 aromatic heterocycles. The molecule has 1 atom stereocenters. The first kappa shape index (κ1) is 14.7. The van der Waals surface area contributed by atoms with Crippen LogP contribution in [-0.2, 0) is 0 Å². The fraction of sp³-hybridized carbons (Fsp3) is 0.500. The van der Waals surface area contributed by atoms with E-state index in [0.29, 0.717) is 0 Å². The maximum Gasteiger partial charge on any atom is 0.183 e. The summed E-state index contributed by atoms with van der Waals surface area (Å²) in [6, 6.07) is 2.05. The van der Waals surface area contributed by atoms with Crippen LogP contribution in [0.25, 0.3) is 11.3 Å². The van der Waals surface area contributed by atoms with Gasteiger partial charge in [0.1, 0.15) is 11.5 Å². The molecule has 0 spiro atoms. The molecule has 130 valence electrons. The van der Waals surface area contributed by atoms with Gasteiger partial charge in [-0.25, -0.2) is 14.2 Å². The number of hydrogen-bond donors (Lipinski definition) is 0. The average Bonchev–Trinajstić information content (AvgIpc) is 3.39. The molecule has 0 aliphatic carbocycles. The number of nitrogens with zero attached hydrogens (tertiary/aromatic N) is 7. The van der Waals surface area contributed by atoms with Crippen LogP contribution in [0.5, 0.6) is 0 Å². The molecule has 25 heavy (non-hydrogen) atoms. The van der Waals surface area contributed by atoms with E-state index in [9.17, 15) is 0 Å². The molecule has 7 nitrogen and oxygen atoms in total. The smallest absolute Gasteiger partial charge is 0.183 e. The Kier molecular flexibility index (Phi) is 3.39. The second kappa shape index (κ2) is 5.75. The van der Waals surface area contributed by atoms with Crippen LogP contribution in [0, 0.1) is 5.92 Å². The van der Waals surface area contributed by atoms with Crippen molar-refractivity contribution in [1.29, 1.82) is 0 Å². The number of fused-ring (bicyclic) bond motifs is 1. The van der Waals surface area contributed by atoms with Gasteiger partial charge in [0.15, 0.2) is 5.65 Å².